The number of aliphatic hydroxyl groups excluding tert-OH is 1. The molecule has 0 bridgehead atoms. The van der Waals surface area contributed by atoms with Crippen LogP contribution in [0.4, 0.5) is 0 Å². The van der Waals surface area contributed by atoms with Crippen molar-refractivity contribution in [2.75, 3.05) is 19.7 Å². The maximum absolute atomic E-state index is 13.5. The van der Waals surface area contributed by atoms with Crippen LogP contribution in [0.25, 0.3) is 10.9 Å². The summed E-state index contributed by atoms with van der Waals surface area (Å²) >= 11 is 0. The molecule has 1 aromatic carbocycles. The number of aromatic nitrogens is 1. The first-order valence-corrected chi connectivity index (χ1v) is 12.1. The first-order valence-electron chi connectivity index (χ1n) is 12.1. The zero-order chi connectivity index (χ0) is 23.8. The lowest BCUT2D eigenvalue weighted by Crippen LogP contribution is -2.53. The Morgan fingerprint density at radius 1 is 1.18 bits per heavy atom. The molecule has 4 N–H and O–H groups in total. The number of nitrogens with zero attached hydrogens (tertiary/aromatic N) is 1. The van der Waals surface area contributed by atoms with E-state index >= 15 is 0 Å². The molecule has 9 heteroatoms. The highest BCUT2D eigenvalue weighted by molar-refractivity contribution is 6.01. The highest BCUT2D eigenvalue weighted by atomic mass is 16.3. The molecule has 2 saturated heterocycles. The van der Waals surface area contributed by atoms with Crippen molar-refractivity contribution in [3.63, 3.8) is 0 Å². The Morgan fingerprint density at radius 3 is 2.74 bits per heavy atom. The first-order chi connectivity index (χ1) is 16.5. The number of likely N-dealkylation sites (tertiary alicyclic amines) is 1. The van der Waals surface area contributed by atoms with Crippen LogP contribution < -0.4 is 10.6 Å². The Hall–Kier alpha value is -3.20. The van der Waals surface area contributed by atoms with E-state index in [1.54, 1.807) is 11.0 Å². The molecule has 0 spiro atoms. The summed E-state index contributed by atoms with van der Waals surface area (Å²) in [6.45, 7) is 0.324. The second-order valence-corrected chi connectivity index (χ2v) is 9.73. The molecule has 3 aliphatic rings. The van der Waals surface area contributed by atoms with E-state index in [-0.39, 0.29) is 41.9 Å². The normalized spacial score (nSPS) is 27.0. The fourth-order valence-corrected chi connectivity index (χ4v) is 5.99. The Bertz CT molecular complexity index is 1090. The summed E-state index contributed by atoms with van der Waals surface area (Å²) in [7, 11) is 0. The Balaban J connectivity index is 1.38. The average Bonchev–Trinajstić information content (AvgIpc) is 3.61. The molecule has 0 unspecified atom stereocenters. The van der Waals surface area contributed by atoms with Crippen LogP contribution in [0.3, 0.4) is 0 Å². The predicted octanol–water partition coefficient (Wildman–Crippen LogP) is 0.981. The number of benzene rings is 1. The summed E-state index contributed by atoms with van der Waals surface area (Å²) in [4.78, 5) is 56.3. The van der Waals surface area contributed by atoms with Crippen molar-refractivity contribution in [3.05, 3.63) is 36.0 Å². The summed E-state index contributed by atoms with van der Waals surface area (Å²) in [5.74, 6) is -1.38. The van der Waals surface area contributed by atoms with E-state index in [0.29, 0.717) is 25.2 Å². The molecule has 9 nitrogen and oxygen atoms in total. The van der Waals surface area contributed by atoms with Gasteiger partial charge < -0.3 is 25.6 Å². The average molecular weight is 467 g/mol. The van der Waals surface area contributed by atoms with E-state index in [2.05, 4.69) is 15.6 Å². The van der Waals surface area contributed by atoms with Crippen LogP contribution in [-0.2, 0) is 14.4 Å². The van der Waals surface area contributed by atoms with Crippen LogP contribution in [0.2, 0.25) is 0 Å². The number of amides is 3. The minimum absolute atomic E-state index is 0.0352. The number of ketones is 1. The van der Waals surface area contributed by atoms with Gasteiger partial charge in [0.2, 0.25) is 11.8 Å². The standard InChI is InChI=1S/C25H30N4O5/c30-13-21(31)19(11-15-8-9-26-23(15)32)28-24(33)22-17-6-3-5-16(17)12-29(22)25(34)20-10-14-4-1-2-7-18(14)27-20/h1-2,4,7,10,15-17,19,22,27,30H,3,5-6,8-9,11-13H2,(H,26,32)(H,28,33)/t15-,16+,17+,19+,22+/m0/s1. The molecule has 1 aliphatic carbocycles. The number of Topliss-reactive ketones (excluding diaryl/α,β-unsaturated/α-hetero) is 1. The largest absolute Gasteiger partial charge is 0.389 e. The van der Waals surface area contributed by atoms with Crippen molar-refractivity contribution in [2.45, 2.75) is 44.2 Å². The van der Waals surface area contributed by atoms with Gasteiger partial charge in [-0.05, 0) is 49.7 Å². The van der Waals surface area contributed by atoms with Crippen LogP contribution in [0.1, 0.15) is 42.6 Å². The highest BCUT2D eigenvalue weighted by Crippen LogP contribution is 2.43. The minimum Gasteiger partial charge on any atom is -0.389 e. The van der Waals surface area contributed by atoms with Crippen LogP contribution >= 0.6 is 0 Å². The van der Waals surface area contributed by atoms with Crippen LogP contribution in [0, 0.1) is 17.8 Å². The van der Waals surface area contributed by atoms with E-state index in [1.165, 1.54) is 0 Å². The third-order valence-electron chi connectivity index (χ3n) is 7.72. The van der Waals surface area contributed by atoms with E-state index < -0.39 is 24.5 Å². The van der Waals surface area contributed by atoms with Gasteiger partial charge in [0.1, 0.15) is 18.3 Å². The maximum Gasteiger partial charge on any atom is 0.271 e. The number of para-hydroxylation sites is 1. The number of rotatable bonds is 7. The number of carbonyl (C=O) groups excluding carboxylic acids is 4. The topological polar surface area (TPSA) is 132 Å². The van der Waals surface area contributed by atoms with Crippen LogP contribution in [0.5, 0.6) is 0 Å². The van der Waals surface area contributed by atoms with E-state index in [9.17, 15) is 24.3 Å². The third kappa shape index (κ3) is 4.09. The second kappa shape index (κ2) is 9.21. The van der Waals surface area contributed by atoms with Gasteiger partial charge in [-0.1, -0.05) is 24.6 Å². The first kappa shape index (κ1) is 22.6. The van der Waals surface area contributed by atoms with Crippen molar-refractivity contribution in [3.8, 4) is 0 Å². The van der Waals surface area contributed by atoms with Crippen molar-refractivity contribution in [2.24, 2.45) is 17.8 Å². The summed E-state index contributed by atoms with van der Waals surface area (Å²) in [5.41, 5.74) is 1.29. The van der Waals surface area contributed by atoms with Crippen molar-refractivity contribution >= 4 is 34.4 Å². The van der Waals surface area contributed by atoms with Crippen molar-refractivity contribution in [1.29, 1.82) is 0 Å². The molecule has 34 heavy (non-hydrogen) atoms. The van der Waals surface area contributed by atoms with Gasteiger partial charge in [-0.3, -0.25) is 19.2 Å². The molecule has 5 atom stereocenters. The molecular weight excluding hydrogens is 436 g/mol. The van der Waals surface area contributed by atoms with Gasteiger partial charge in [-0.15, -0.1) is 0 Å². The maximum atomic E-state index is 13.5. The van der Waals surface area contributed by atoms with E-state index in [1.807, 2.05) is 24.3 Å². The fraction of sp³-hybridized carbons (Fsp3) is 0.520. The number of fused-ring (bicyclic) bond motifs is 2. The van der Waals surface area contributed by atoms with Crippen LogP contribution in [0.15, 0.2) is 30.3 Å². The molecular formula is C25H30N4O5. The lowest BCUT2D eigenvalue weighted by molar-refractivity contribution is -0.133. The van der Waals surface area contributed by atoms with Gasteiger partial charge in [-0.25, -0.2) is 0 Å². The molecule has 2 aromatic rings. The zero-order valence-electron chi connectivity index (χ0n) is 19.0. The summed E-state index contributed by atoms with van der Waals surface area (Å²) in [6.07, 6.45) is 3.56. The molecule has 3 heterocycles. The number of H-pyrrole nitrogens is 1. The number of hydrogen-bond donors (Lipinski definition) is 4. The van der Waals surface area contributed by atoms with Gasteiger partial charge >= 0.3 is 0 Å². The lowest BCUT2D eigenvalue weighted by Gasteiger charge is -2.29. The molecule has 0 radical (unpaired) electrons. The molecule has 180 valence electrons. The molecule has 1 aromatic heterocycles. The van der Waals surface area contributed by atoms with Crippen molar-refractivity contribution in [1.82, 2.24) is 20.5 Å². The Labute approximate surface area is 197 Å². The monoisotopic (exact) mass is 466 g/mol. The van der Waals surface area contributed by atoms with E-state index in [4.69, 9.17) is 0 Å². The number of nitrogens with one attached hydrogen (secondary N) is 3. The quantitative estimate of drug-likeness (QED) is 0.483. The van der Waals surface area contributed by atoms with Crippen molar-refractivity contribution < 1.29 is 24.3 Å². The predicted molar refractivity (Wildman–Crippen MR) is 124 cm³/mol. The number of carbonyl (C=O) groups is 4. The number of hydrogen-bond acceptors (Lipinski definition) is 5. The van der Waals surface area contributed by atoms with Gasteiger partial charge in [-0.2, -0.15) is 0 Å². The Kier molecular flexibility index (Phi) is 6.12. The summed E-state index contributed by atoms with van der Waals surface area (Å²) < 4.78 is 0. The molecule has 1 saturated carbocycles. The van der Waals surface area contributed by atoms with Gasteiger partial charge in [0.15, 0.2) is 5.78 Å². The summed E-state index contributed by atoms with van der Waals surface area (Å²) in [5, 5.41) is 15.9. The van der Waals surface area contributed by atoms with Gasteiger partial charge in [0.05, 0.1) is 6.04 Å². The molecule has 5 rings (SSSR count). The molecule has 2 aliphatic heterocycles. The van der Waals surface area contributed by atoms with Gasteiger partial charge in [0.25, 0.3) is 5.91 Å². The third-order valence-corrected chi connectivity index (χ3v) is 7.72. The smallest absolute Gasteiger partial charge is 0.271 e. The second-order valence-electron chi connectivity index (χ2n) is 9.73. The van der Waals surface area contributed by atoms with Crippen LogP contribution in [-0.4, -0.2) is 70.3 Å². The summed E-state index contributed by atoms with van der Waals surface area (Å²) in [6, 6.07) is 7.79. The Morgan fingerprint density at radius 2 is 2.00 bits per heavy atom. The molecule has 3 amide bonds. The van der Waals surface area contributed by atoms with Gasteiger partial charge in [0, 0.05) is 29.9 Å². The SMILES string of the molecule is O=C1NCC[C@H]1C[C@@H](NC(=O)[C@H]1[C@@H]2CCC[C@@H]2CN1C(=O)c1cc2ccccc2[nH]1)C(=O)CO. The zero-order valence-corrected chi connectivity index (χ0v) is 19.0. The van der Waals surface area contributed by atoms with E-state index in [0.717, 1.165) is 30.2 Å². The number of aromatic amines is 1. The highest BCUT2D eigenvalue weighted by Gasteiger charge is 2.50. The minimum atomic E-state index is -0.961. The fourth-order valence-electron chi connectivity index (χ4n) is 5.99. The molecule has 3 fully saturated rings. The lowest BCUT2D eigenvalue weighted by atomic mass is 9.92. The number of aliphatic hydroxyl groups is 1.